The first-order valence-corrected chi connectivity index (χ1v) is 11.5. The highest BCUT2D eigenvalue weighted by molar-refractivity contribution is 7.95. The Balaban J connectivity index is 1.88. The molecule has 14 heteroatoms. The number of amides is 1. The van der Waals surface area contributed by atoms with Crippen LogP contribution < -0.4 is 10.2 Å². The summed E-state index contributed by atoms with van der Waals surface area (Å²) in [5, 5.41) is 9.77. The third-order valence-electron chi connectivity index (χ3n) is 5.01. The number of rotatable bonds is 5. The number of sulfone groups is 1. The summed E-state index contributed by atoms with van der Waals surface area (Å²) in [7, 11) is -4.02. The molecule has 0 spiro atoms. The van der Waals surface area contributed by atoms with E-state index in [0.717, 1.165) is 6.20 Å². The molecule has 1 aromatic heterocycles. The Morgan fingerprint density at radius 2 is 2.16 bits per heavy atom. The van der Waals surface area contributed by atoms with Crippen LogP contribution in [0.1, 0.15) is 29.0 Å². The predicted octanol–water partition coefficient (Wildman–Crippen LogP) is 2.65. The lowest BCUT2D eigenvalue weighted by Gasteiger charge is -2.30. The molecule has 2 atom stereocenters. The van der Waals surface area contributed by atoms with Crippen molar-refractivity contribution in [2.45, 2.75) is 28.5 Å². The van der Waals surface area contributed by atoms with E-state index in [9.17, 15) is 26.4 Å². The number of nitrogens with one attached hydrogen (secondary N) is 1. The zero-order chi connectivity index (χ0) is 23.7. The van der Waals surface area contributed by atoms with Crippen LogP contribution in [0.25, 0.3) is 0 Å². The number of allylic oxidation sites excluding steroid dienone is 3. The van der Waals surface area contributed by atoms with Crippen molar-refractivity contribution in [2.75, 3.05) is 24.5 Å². The second-order valence-corrected chi connectivity index (χ2v) is 10.8. The zero-order valence-corrected chi connectivity index (χ0v) is 18.6. The number of anilines is 1. The van der Waals surface area contributed by atoms with Crippen molar-refractivity contribution in [1.29, 1.82) is 5.26 Å². The zero-order valence-electron chi connectivity index (χ0n) is 16.2. The number of hydrogen-bond acceptors (Lipinski definition) is 7. The van der Waals surface area contributed by atoms with E-state index in [1.54, 1.807) is 23.5 Å². The molecule has 1 fully saturated rings. The van der Waals surface area contributed by atoms with Gasteiger partial charge in [-0.1, -0.05) is 35.4 Å². The summed E-state index contributed by atoms with van der Waals surface area (Å²) < 4.78 is 62.1. The van der Waals surface area contributed by atoms with Crippen LogP contribution in [-0.4, -0.2) is 59.6 Å². The Morgan fingerprint density at radius 3 is 2.78 bits per heavy atom. The molecule has 1 N–H and O–H groups in total. The summed E-state index contributed by atoms with van der Waals surface area (Å²) in [4.78, 5) is 21.3. The maximum Gasteiger partial charge on any atom is 0.405 e. The van der Waals surface area contributed by atoms with E-state index < -0.39 is 37.9 Å². The third-order valence-corrected chi connectivity index (χ3v) is 9.22. The van der Waals surface area contributed by atoms with Gasteiger partial charge in [-0.05, 0) is 12.5 Å². The van der Waals surface area contributed by atoms with Crippen LogP contribution in [-0.2, 0) is 9.84 Å². The number of carbonyl (C=O) groups is 1. The molecule has 1 unspecified atom stereocenters. The molecule has 2 heterocycles. The molecule has 0 saturated carbocycles. The molecule has 0 bridgehead atoms. The van der Waals surface area contributed by atoms with Gasteiger partial charge in [-0.15, -0.1) is 0 Å². The molecule has 1 aliphatic carbocycles. The van der Waals surface area contributed by atoms with Gasteiger partial charge in [0.15, 0.2) is 14.0 Å². The Hall–Kier alpha value is -2.36. The lowest BCUT2D eigenvalue weighted by atomic mass is 10.2. The van der Waals surface area contributed by atoms with E-state index >= 15 is 0 Å². The first-order valence-electron chi connectivity index (χ1n) is 9.21. The van der Waals surface area contributed by atoms with E-state index in [0.29, 0.717) is 0 Å². The normalized spacial score (nSPS) is 23.6. The van der Waals surface area contributed by atoms with Gasteiger partial charge >= 0.3 is 6.18 Å². The highest BCUT2D eigenvalue weighted by Gasteiger charge is 2.51. The third kappa shape index (κ3) is 4.69. The Morgan fingerprint density at radius 1 is 1.44 bits per heavy atom. The fourth-order valence-electron chi connectivity index (χ4n) is 3.39. The second-order valence-electron chi connectivity index (χ2n) is 7.12. The molecule has 1 saturated heterocycles. The van der Waals surface area contributed by atoms with Crippen molar-refractivity contribution >= 4 is 44.8 Å². The number of halogens is 5. The Labute approximate surface area is 191 Å². The van der Waals surface area contributed by atoms with Gasteiger partial charge in [-0.3, -0.25) is 4.79 Å². The topological polar surface area (TPSA) is 116 Å². The van der Waals surface area contributed by atoms with Gasteiger partial charge in [0.1, 0.15) is 24.0 Å². The minimum absolute atomic E-state index is 0.0279. The lowest BCUT2D eigenvalue weighted by molar-refractivity contribution is -0.123. The van der Waals surface area contributed by atoms with E-state index in [2.05, 4.69) is 9.97 Å². The lowest BCUT2D eigenvalue weighted by Crippen LogP contribution is -2.42. The van der Waals surface area contributed by atoms with Crippen molar-refractivity contribution in [3.05, 3.63) is 40.8 Å². The van der Waals surface area contributed by atoms with E-state index in [1.807, 2.05) is 0 Å². The van der Waals surface area contributed by atoms with Crippen LogP contribution >= 0.6 is 23.2 Å². The number of carbonyl (C=O) groups excluding carboxylic acids is 1. The van der Waals surface area contributed by atoms with Gasteiger partial charge in [0, 0.05) is 25.7 Å². The fraction of sp³-hybridized carbons (Fsp3) is 0.444. The molecule has 32 heavy (non-hydrogen) atoms. The number of hydrogen-bond donors (Lipinski definition) is 1. The predicted molar refractivity (Wildman–Crippen MR) is 111 cm³/mol. The Bertz CT molecular complexity index is 1130. The molecule has 3 rings (SSSR count). The molecule has 1 aromatic rings. The number of nitrogens with zero attached hydrogens (tertiary/aromatic N) is 4. The fourth-order valence-corrected chi connectivity index (χ4v) is 6.38. The van der Waals surface area contributed by atoms with Crippen LogP contribution in [0.3, 0.4) is 0 Å². The van der Waals surface area contributed by atoms with Crippen LogP contribution in [0, 0.1) is 11.3 Å². The van der Waals surface area contributed by atoms with Crippen molar-refractivity contribution in [3.8, 4) is 6.07 Å². The van der Waals surface area contributed by atoms with Gasteiger partial charge in [0.25, 0.3) is 5.91 Å². The van der Waals surface area contributed by atoms with Gasteiger partial charge in [-0.2, -0.15) is 18.4 Å². The van der Waals surface area contributed by atoms with Crippen LogP contribution in [0.15, 0.2) is 29.5 Å². The van der Waals surface area contributed by atoms with Crippen molar-refractivity contribution in [2.24, 2.45) is 0 Å². The van der Waals surface area contributed by atoms with Gasteiger partial charge in [0.2, 0.25) is 5.82 Å². The highest BCUT2D eigenvalue weighted by Crippen LogP contribution is 2.44. The van der Waals surface area contributed by atoms with Crippen molar-refractivity contribution < 1.29 is 26.4 Å². The summed E-state index contributed by atoms with van der Waals surface area (Å²) in [6, 6.07) is 1.69. The molecule has 1 aliphatic heterocycles. The molecule has 0 radical (unpaired) electrons. The molecule has 0 aromatic carbocycles. The minimum atomic E-state index is -4.63. The van der Waals surface area contributed by atoms with Crippen LogP contribution in [0.2, 0.25) is 0 Å². The highest BCUT2D eigenvalue weighted by atomic mass is 35.5. The molecular formula is C18H16Cl2F3N5O3S. The first-order chi connectivity index (χ1) is 14.9. The maximum atomic E-state index is 13.2. The van der Waals surface area contributed by atoms with Gasteiger partial charge in [-0.25, -0.2) is 18.4 Å². The summed E-state index contributed by atoms with van der Waals surface area (Å²) >= 11 is 12.5. The summed E-state index contributed by atoms with van der Waals surface area (Å²) in [5.74, 6) is -1.57. The van der Waals surface area contributed by atoms with E-state index in [1.165, 1.54) is 11.0 Å². The number of alkyl halides is 4. The first kappa shape index (κ1) is 24.3. The number of nitriles is 1. The average Bonchev–Trinajstić information content (AvgIpc) is 3.24. The van der Waals surface area contributed by atoms with Crippen molar-refractivity contribution in [1.82, 2.24) is 15.3 Å². The summed E-state index contributed by atoms with van der Waals surface area (Å²) in [5.41, 5.74) is -0.314. The molecule has 2 aliphatic rings. The van der Waals surface area contributed by atoms with Gasteiger partial charge < -0.3 is 10.2 Å². The second kappa shape index (κ2) is 8.88. The smallest absolute Gasteiger partial charge is 0.354 e. The minimum Gasteiger partial charge on any atom is -0.354 e. The number of aromatic nitrogens is 2. The standard InChI is InChI=1S/C18H16Cl2F3N5O3S/c19-13-3-1-2-5-17(13,20)32(30,31)11-4-6-28(9-11)15-12(8-25-14(7-24)27-15)16(29)26-10-18(21,22)23/h1-3,8,11H,4-6,9-10H2,(H,26,29)/t11-,17?/m0/s1. The van der Waals surface area contributed by atoms with E-state index in [4.69, 9.17) is 28.5 Å². The maximum absolute atomic E-state index is 13.2. The quantitative estimate of drug-likeness (QED) is 0.606. The van der Waals surface area contributed by atoms with Crippen LogP contribution in [0.4, 0.5) is 19.0 Å². The molecular weight excluding hydrogens is 494 g/mol. The van der Waals surface area contributed by atoms with Crippen molar-refractivity contribution in [3.63, 3.8) is 0 Å². The van der Waals surface area contributed by atoms with Gasteiger partial charge in [0.05, 0.1) is 10.3 Å². The van der Waals surface area contributed by atoms with E-state index in [-0.39, 0.29) is 48.2 Å². The summed E-state index contributed by atoms with van der Waals surface area (Å²) in [6.07, 6.45) is 0.954. The monoisotopic (exact) mass is 509 g/mol. The van der Waals surface area contributed by atoms with Crippen LogP contribution in [0.5, 0.6) is 0 Å². The molecule has 172 valence electrons. The largest absolute Gasteiger partial charge is 0.405 e. The Kier molecular flexibility index (Phi) is 6.74. The molecule has 8 nitrogen and oxygen atoms in total. The summed E-state index contributed by atoms with van der Waals surface area (Å²) in [6.45, 7) is -1.61. The molecule has 1 amide bonds. The average molecular weight is 510 g/mol. The SMILES string of the molecule is N#Cc1ncc(C(=O)NCC(F)(F)F)c(N2CC[C@H](S(=O)(=O)C3(Cl)CC=CC=C3Cl)C2)n1.